The standard InChI is InChI=1S/C22H26ClF2N3O4/c23-16-4-1-5-17-18(16)15(12-27(17)11-14-3-2-10-28(14)20(30)31)19(29)26-13-21(32)6-8-22(24,25)9-7-21/h1,4-5,12,14,32H,2-3,6-11,13H2,(H,26,29)(H,30,31)/t14-/m0/s1. The molecule has 2 heterocycles. The number of aromatic nitrogens is 1. The molecule has 174 valence electrons. The summed E-state index contributed by atoms with van der Waals surface area (Å²) in [5, 5.41) is 23.6. The van der Waals surface area contributed by atoms with Gasteiger partial charge in [0.25, 0.3) is 5.91 Å². The lowest BCUT2D eigenvalue weighted by Crippen LogP contribution is -2.47. The summed E-state index contributed by atoms with van der Waals surface area (Å²) in [6, 6.07) is 5.04. The van der Waals surface area contributed by atoms with Crippen LogP contribution < -0.4 is 5.32 Å². The number of amides is 2. The maximum absolute atomic E-state index is 13.4. The molecule has 1 saturated carbocycles. The molecule has 1 saturated heterocycles. The number of nitrogens with zero attached hydrogens (tertiary/aromatic N) is 2. The summed E-state index contributed by atoms with van der Waals surface area (Å²) in [6.45, 7) is 0.731. The lowest BCUT2D eigenvalue weighted by molar-refractivity contribution is -0.101. The Hall–Kier alpha value is -2.39. The first-order valence-electron chi connectivity index (χ1n) is 10.7. The van der Waals surface area contributed by atoms with Gasteiger partial charge in [0.05, 0.1) is 27.7 Å². The first kappa shape index (κ1) is 22.8. The summed E-state index contributed by atoms with van der Waals surface area (Å²) >= 11 is 6.39. The Kier molecular flexibility index (Phi) is 6.06. The number of carbonyl (C=O) groups is 2. The predicted molar refractivity (Wildman–Crippen MR) is 115 cm³/mol. The van der Waals surface area contributed by atoms with Crippen molar-refractivity contribution in [3.63, 3.8) is 0 Å². The van der Waals surface area contributed by atoms with E-state index in [1.807, 2.05) is 10.6 Å². The van der Waals surface area contributed by atoms with Crippen LogP contribution in [-0.4, -0.2) is 62.3 Å². The number of likely N-dealkylation sites (tertiary alicyclic amines) is 1. The molecule has 4 rings (SSSR count). The highest BCUT2D eigenvalue weighted by molar-refractivity contribution is 6.36. The number of carbonyl (C=O) groups excluding carboxylic acids is 1. The minimum Gasteiger partial charge on any atom is -0.465 e. The van der Waals surface area contributed by atoms with Crippen molar-refractivity contribution < 1.29 is 28.6 Å². The van der Waals surface area contributed by atoms with Crippen LogP contribution in [-0.2, 0) is 6.54 Å². The minimum atomic E-state index is -2.78. The van der Waals surface area contributed by atoms with E-state index < -0.39 is 36.4 Å². The highest BCUT2D eigenvalue weighted by atomic mass is 35.5. The smallest absolute Gasteiger partial charge is 0.407 e. The topological polar surface area (TPSA) is 94.8 Å². The van der Waals surface area contributed by atoms with Crippen LogP contribution in [0.1, 0.15) is 48.9 Å². The zero-order valence-corrected chi connectivity index (χ0v) is 18.2. The van der Waals surface area contributed by atoms with Gasteiger partial charge < -0.3 is 25.0 Å². The highest BCUT2D eigenvalue weighted by Crippen LogP contribution is 2.38. The van der Waals surface area contributed by atoms with E-state index in [1.54, 1.807) is 18.3 Å². The van der Waals surface area contributed by atoms with Gasteiger partial charge in [-0.1, -0.05) is 17.7 Å². The van der Waals surface area contributed by atoms with Crippen molar-refractivity contribution in [3.8, 4) is 0 Å². The van der Waals surface area contributed by atoms with Gasteiger partial charge in [-0.15, -0.1) is 0 Å². The zero-order valence-electron chi connectivity index (χ0n) is 17.5. The molecule has 2 amide bonds. The van der Waals surface area contributed by atoms with Crippen molar-refractivity contribution >= 4 is 34.5 Å². The molecule has 3 N–H and O–H groups in total. The molecule has 2 fully saturated rings. The molecule has 0 radical (unpaired) electrons. The molecule has 1 aliphatic heterocycles. The van der Waals surface area contributed by atoms with Crippen LogP contribution in [0.25, 0.3) is 10.9 Å². The van der Waals surface area contributed by atoms with Crippen molar-refractivity contribution in [1.29, 1.82) is 0 Å². The lowest BCUT2D eigenvalue weighted by atomic mass is 9.82. The Morgan fingerprint density at radius 2 is 1.94 bits per heavy atom. The second-order valence-corrected chi connectivity index (χ2v) is 9.27. The molecule has 0 unspecified atom stereocenters. The Labute approximate surface area is 188 Å². The van der Waals surface area contributed by atoms with Gasteiger partial charge in [-0.2, -0.15) is 0 Å². The van der Waals surface area contributed by atoms with E-state index in [4.69, 9.17) is 11.6 Å². The second kappa shape index (κ2) is 8.51. The van der Waals surface area contributed by atoms with E-state index in [1.165, 1.54) is 4.90 Å². The Balaban J connectivity index is 1.55. The molecule has 0 bridgehead atoms. The second-order valence-electron chi connectivity index (χ2n) is 8.86. The number of nitrogens with one attached hydrogen (secondary N) is 1. The SMILES string of the molecule is O=C(NCC1(O)CCC(F)(F)CC1)c1cn(C[C@@H]2CCCN2C(=O)O)c2cccc(Cl)c12. The fraction of sp³-hybridized carbons (Fsp3) is 0.545. The average molecular weight is 470 g/mol. The summed E-state index contributed by atoms with van der Waals surface area (Å²) in [7, 11) is 0. The summed E-state index contributed by atoms with van der Waals surface area (Å²) in [5.74, 6) is -3.24. The van der Waals surface area contributed by atoms with Gasteiger partial charge in [0.2, 0.25) is 5.92 Å². The van der Waals surface area contributed by atoms with Gasteiger partial charge in [0, 0.05) is 44.1 Å². The predicted octanol–water partition coefficient (Wildman–Crippen LogP) is 4.11. The third kappa shape index (κ3) is 4.54. The van der Waals surface area contributed by atoms with Gasteiger partial charge in [-0.3, -0.25) is 4.79 Å². The van der Waals surface area contributed by atoms with E-state index in [0.29, 0.717) is 34.6 Å². The number of carboxylic acid groups (broad SMARTS) is 1. The molecule has 1 aromatic carbocycles. The normalized spacial score (nSPS) is 22.2. The third-order valence-electron chi connectivity index (χ3n) is 6.62. The fourth-order valence-electron chi connectivity index (χ4n) is 4.73. The maximum atomic E-state index is 13.4. The van der Waals surface area contributed by atoms with Crippen LogP contribution in [0.2, 0.25) is 5.02 Å². The van der Waals surface area contributed by atoms with Gasteiger partial charge in [0.15, 0.2) is 0 Å². The van der Waals surface area contributed by atoms with Gasteiger partial charge in [-0.25, -0.2) is 13.6 Å². The van der Waals surface area contributed by atoms with Crippen LogP contribution in [0.15, 0.2) is 24.4 Å². The van der Waals surface area contributed by atoms with Crippen molar-refractivity contribution in [3.05, 3.63) is 35.0 Å². The fourth-order valence-corrected chi connectivity index (χ4v) is 5.01. The number of hydrogen-bond donors (Lipinski definition) is 3. The summed E-state index contributed by atoms with van der Waals surface area (Å²) in [5.41, 5.74) is -0.364. The zero-order chi connectivity index (χ0) is 23.1. The highest BCUT2D eigenvalue weighted by Gasteiger charge is 2.42. The molecule has 7 nitrogen and oxygen atoms in total. The van der Waals surface area contributed by atoms with Gasteiger partial charge >= 0.3 is 6.09 Å². The van der Waals surface area contributed by atoms with Crippen molar-refractivity contribution in [2.24, 2.45) is 0 Å². The van der Waals surface area contributed by atoms with E-state index >= 15 is 0 Å². The molecule has 10 heteroatoms. The molecule has 2 aliphatic rings. The maximum Gasteiger partial charge on any atom is 0.407 e. The summed E-state index contributed by atoms with van der Waals surface area (Å²) in [4.78, 5) is 25.9. The monoisotopic (exact) mass is 469 g/mol. The number of hydrogen-bond acceptors (Lipinski definition) is 3. The van der Waals surface area contributed by atoms with Crippen molar-refractivity contribution in [2.75, 3.05) is 13.1 Å². The van der Waals surface area contributed by atoms with Crippen LogP contribution in [0, 0.1) is 0 Å². The number of fused-ring (bicyclic) bond motifs is 1. The minimum absolute atomic E-state index is 0.0878. The lowest BCUT2D eigenvalue weighted by Gasteiger charge is -2.35. The molecular weight excluding hydrogens is 444 g/mol. The first-order valence-corrected chi connectivity index (χ1v) is 11.1. The number of rotatable bonds is 5. The molecule has 1 atom stereocenters. The molecule has 32 heavy (non-hydrogen) atoms. The van der Waals surface area contributed by atoms with Gasteiger partial charge in [-0.05, 0) is 37.8 Å². The van der Waals surface area contributed by atoms with Gasteiger partial charge in [0.1, 0.15) is 0 Å². The first-order chi connectivity index (χ1) is 15.1. The van der Waals surface area contributed by atoms with Crippen LogP contribution >= 0.6 is 11.6 Å². The molecule has 1 aliphatic carbocycles. The van der Waals surface area contributed by atoms with E-state index in [2.05, 4.69) is 5.32 Å². The van der Waals surface area contributed by atoms with Crippen molar-refractivity contribution in [2.45, 2.75) is 62.6 Å². The quantitative estimate of drug-likeness (QED) is 0.614. The van der Waals surface area contributed by atoms with E-state index in [0.717, 1.165) is 12.8 Å². The Morgan fingerprint density at radius 1 is 1.22 bits per heavy atom. The molecule has 1 aromatic heterocycles. The van der Waals surface area contributed by atoms with E-state index in [-0.39, 0.29) is 25.4 Å². The third-order valence-corrected chi connectivity index (χ3v) is 6.94. The van der Waals surface area contributed by atoms with Crippen LogP contribution in [0.4, 0.5) is 13.6 Å². The Morgan fingerprint density at radius 3 is 2.62 bits per heavy atom. The number of aliphatic hydroxyl groups is 1. The van der Waals surface area contributed by atoms with E-state index in [9.17, 15) is 28.6 Å². The Bertz CT molecular complexity index is 1030. The van der Waals surface area contributed by atoms with Crippen LogP contribution in [0.5, 0.6) is 0 Å². The number of benzene rings is 1. The average Bonchev–Trinajstić information content (AvgIpc) is 3.35. The van der Waals surface area contributed by atoms with Crippen LogP contribution in [0.3, 0.4) is 0 Å². The number of halogens is 3. The summed E-state index contributed by atoms with van der Waals surface area (Å²) in [6.07, 6.45) is 1.19. The number of alkyl halides is 2. The molecule has 2 aromatic rings. The molecular formula is C22H26ClF2N3O4. The summed E-state index contributed by atoms with van der Waals surface area (Å²) < 4.78 is 28.7. The largest absolute Gasteiger partial charge is 0.465 e. The van der Waals surface area contributed by atoms with Crippen molar-refractivity contribution in [1.82, 2.24) is 14.8 Å². The molecule has 0 spiro atoms.